The number of nitrogens with zero attached hydrogens (tertiary/aromatic N) is 2. The Labute approximate surface area is 141 Å². The van der Waals surface area contributed by atoms with Gasteiger partial charge < -0.3 is 9.80 Å². The number of likely N-dealkylation sites (tertiary alicyclic amines) is 1. The fourth-order valence-corrected chi connectivity index (χ4v) is 3.18. The molecule has 24 heavy (non-hydrogen) atoms. The molecule has 1 saturated heterocycles. The van der Waals surface area contributed by atoms with Crippen LogP contribution in [0.25, 0.3) is 0 Å². The first kappa shape index (κ1) is 18.8. The lowest BCUT2D eigenvalue weighted by Crippen LogP contribution is -2.38. The van der Waals surface area contributed by atoms with Crippen molar-refractivity contribution in [3.05, 3.63) is 35.4 Å². The Balaban J connectivity index is 2.06. The van der Waals surface area contributed by atoms with Crippen LogP contribution in [-0.4, -0.2) is 42.5 Å². The molecule has 0 aromatic heterocycles. The summed E-state index contributed by atoms with van der Waals surface area (Å²) in [5, 5.41) is 0. The van der Waals surface area contributed by atoms with Gasteiger partial charge in [-0.3, -0.25) is 4.79 Å². The van der Waals surface area contributed by atoms with Gasteiger partial charge in [0.05, 0.1) is 12.5 Å². The summed E-state index contributed by atoms with van der Waals surface area (Å²) in [4.78, 5) is 16.0. The number of carbonyl (C=O) groups excluding carboxylic acids is 1. The van der Waals surface area contributed by atoms with Gasteiger partial charge in [-0.2, -0.15) is 13.2 Å². The van der Waals surface area contributed by atoms with Crippen molar-refractivity contribution >= 4 is 5.91 Å². The summed E-state index contributed by atoms with van der Waals surface area (Å²) in [5.41, 5.74) is 2.19. The van der Waals surface area contributed by atoms with Gasteiger partial charge in [-0.25, -0.2) is 0 Å². The van der Waals surface area contributed by atoms with E-state index in [-0.39, 0.29) is 6.04 Å². The van der Waals surface area contributed by atoms with Crippen molar-refractivity contribution in [1.82, 2.24) is 9.80 Å². The fourth-order valence-electron chi connectivity index (χ4n) is 3.18. The van der Waals surface area contributed by atoms with Crippen LogP contribution in [0.4, 0.5) is 13.2 Å². The van der Waals surface area contributed by atoms with E-state index in [1.807, 2.05) is 38.4 Å². The quantitative estimate of drug-likeness (QED) is 0.803. The van der Waals surface area contributed by atoms with E-state index in [1.54, 1.807) is 4.90 Å². The fraction of sp³-hybridized carbons (Fsp3) is 0.611. The SMILES string of the molecule is CN(C)Cc1ccc(C2CCCCN2C(=O)CCC(F)(F)F)cc1. The molecule has 0 N–H and O–H groups in total. The molecule has 2 rings (SSSR count). The molecule has 0 spiro atoms. The average Bonchev–Trinajstić information content (AvgIpc) is 2.52. The number of alkyl halides is 3. The van der Waals surface area contributed by atoms with Gasteiger partial charge in [0.1, 0.15) is 0 Å². The maximum atomic E-state index is 12.4. The topological polar surface area (TPSA) is 23.6 Å². The highest BCUT2D eigenvalue weighted by Gasteiger charge is 2.32. The molecule has 1 aromatic rings. The lowest BCUT2D eigenvalue weighted by molar-refractivity contribution is -0.151. The van der Waals surface area contributed by atoms with Crippen molar-refractivity contribution in [2.45, 2.75) is 50.9 Å². The van der Waals surface area contributed by atoms with Gasteiger partial charge in [0.25, 0.3) is 0 Å². The second-order valence-corrected chi connectivity index (χ2v) is 6.69. The Morgan fingerprint density at radius 2 is 1.88 bits per heavy atom. The number of piperidine rings is 1. The molecule has 0 bridgehead atoms. The molecule has 1 unspecified atom stereocenters. The third kappa shape index (κ3) is 5.51. The lowest BCUT2D eigenvalue weighted by Gasteiger charge is -2.36. The third-order valence-electron chi connectivity index (χ3n) is 4.31. The maximum Gasteiger partial charge on any atom is 0.389 e. The minimum absolute atomic E-state index is 0.104. The van der Waals surface area contributed by atoms with Gasteiger partial charge in [-0.1, -0.05) is 24.3 Å². The highest BCUT2D eigenvalue weighted by atomic mass is 19.4. The van der Waals surface area contributed by atoms with Crippen LogP contribution < -0.4 is 0 Å². The normalized spacial score (nSPS) is 18.9. The van der Waals surface area contributed by atoms with Gasteiger partial charge in [0.15, 0.2) is 0 Å². The molecule has 1 fully saturated rings. The molecule has 0 aliphatic carbocycles. The zero-order valence-electron chi connectivity index (χ0n) is 14.3. The van der Waals surface area contributed by atoms with Crippen LogP contribution in [0, 0.1) is 0 Å². The predicted octanol–water partition coefficient (Wildman–Crippen LogP) is 4.14. The van der Waals surface area contributed by atoms with E-state index in [0.717, 1.165) is 31.4 Å². The number of benzene rings is 1. The number of halogens is 3. The van der Waals surface area contributed by atoms with E-state index in [2.05, 4.69) is 4.90 Å². The number of rotatable bonds is 5. The number of amides is 1. The molecule has 1 amide bonds. The standard InChI is InChI=1S/C18H25F3N2O/c1-22(2)13-14-6-8-15(9-7-14)16-5-3-4-12-23(16)17(24)10-11-18(19,20)21/h6-9,16H,3-5,10-13H2,1-2H3. The summed E-state index contributed by atoms with van der Waals surface area (Å²) >= 11 is 0. The Kier molecular flexibility index (Phi) is 6.27. The van der Waals surface area contributed by atoms with Crippen molar-refractivity contribution < 1.29 is 18.0 Å². The van der Waals surface area contributed by atoms with E-state index in [4.69, 9.17) is 0 Å². The number of carbonyl (C=O) groups is 1. The van der Waals surface area contributed by atoms with E-state index in [0.29, 0.717) is 6.54 Å². The molecule has 1 aliphatic heterocycles. The van der Waals surface area contributed by atoms with Gasteiger partial charge in [0, 0.05) is 19.5 Å². The van der Waals surface area contributed by atoms with E-state index in [1.165, 1.54) is 5.56 Å². The molecule has 1 atom stereocenters. The summed E-state index contributed by atoms with van der Waals surface area (Å²) in [7, 11) is 3.99. The van der Waals surface area contributed by atoms with Gasteiger partial charge >= 0.3 is 6.18 Å². The minimum Gasteiger partial charge on any atom is -0.336 e. The number of hydrogen-bond acceptors (Lipinski definition) is 2. The monoisotopic (exact) mass is 342 g/mol. The van der Waals surface area contributed by atoms with Crippen LogP contribution in [0.2, 0.25) is 0 Å². The Bertz CT molecular complexity index is 540. The van der Waals surface area contributed by atoms with Crippen LogP contribution in [0.1, 0.15) is 49.3 Å². The molecular weight excluding hydrogens is 317 g/mol. The predicted molar refractivity (Wildman–Crippen MR) is 87.4 cm³/mol. The largest absolute Gasteiger partial charge is 0.389 e. The van der Waals surface area contributed by atoms with E-state index in [9.17, 15) is 18.0 Å². The van der Waals surface area contributed by atoms with Crippen molar-refractivity contribution in [1.29, 1.82) is 0 Å². The van der Waals surface area contributed by atoms with Crippen molar-refractivity contribution in [2.75, 3.05) is 20.6 Å². The number of hydrogen-bond donors (Lipinski definition) is 0. The van der Waals surface area contributed by atoms with Gasteiger partial charge in [0.2, 0.25) is 5.91 Å². The smallest absolute Gasteiger partial charge is 0.336 e. The van der Waals surface area contributed by atoms with Crippen LogP contribution in [0.5, 0.6) is 0 Å². The molecule has 1 aliphatic rings. The zero-order valence-corrected chi connectivity index (χ0v) is 14.3. The maximum absolute atomic E-state index is 12.4. The molecule has 0 radical (unpaired) electrons. The van der Waals surface area contributed by atoms with Crippen molar-refractivity contribution in [3.8, 4) is 0 Å². The van der Waals surface area contributed by atoms with Crippen molar-refractivity contribution in [2.24, 2.45) is 0 Å². The Morgan fingerprint density at radius 3 is 2.46 bits per heavy atom. The first-order valence-corrected chi connectivity index (χ1v) is 8.36. The highest BCUT2D eigenvalue weighted by Crippen LogP contribution is 2.32. The summed E-state index contributed by atoms with van der Waals surface area (Å²) in [6.45, 7) is 1.37. The molecular formula is C18H25F3N2O. The van der Waals surface area contributed by atoms with Crippen LogP contribution in [0.3, 0.4) is 0 Å². The molecule has 3 nitrogen and oxygen atoms in total. The summed E-state index contributed by atoms with van der Waals surface area (Å²) in [5.74, 6) is -0.394. The molecule has 1 aromatic carbocycles. The van der Waals surface area contributed by atoms with E-state index >= 15 is 0 Å². The minimum atomic E-state index is -4.28. The molecule has 1 heterocycles. The summed E-state index contributed by atoms with van der Waals surface area (Å²) < 4.78 is 37.1. The van der Waals surface area contributed by atoms with Crippen molar-refractivity contribution in [3.63, 3.8) is 0 Å². The second kappa shape index (κ2) is 8.01. The summed E-state index contributed by atoms with van der Waals surface area (Å²) in [6.07, 6.45) is -3.13. The molecule has 0 saturated carbocycles. The van der Waals surface area contributed by atoms with Crippen LogP contribution in [0.15, 0.2) is 24.3 Å². The summed E-state index contributed by atoms with van der Waals surface area (Å²) in [6, 6.07) is 7.95. The first-order chi connectivity index (χ1) is 11.3. The Hall–Kier alpha value is -1.56. The van der Waals surface area contributed by atoms with Gasteiger partial charge in [-0.15, -0.1) is 0 Å². The van der Waals surface area contributed by atoms with Crippen LogP contribution in [-0.2, 0) is 11.3 Å². The Morgan fingerprint density at radius 1 is 1.21 bits per heavy atom. The zero-order chi connectivity index (χ0) is 17.7. The first-order valence-electron chi connectivity index (χ1n) is 8.36. The molecule has 6 heteroatoms. The lowest BCUT2D eigenvalue weighted by atomic mass is 9.94. The van der Waals surface area contributed by atoms with E-state index < -0.39 is 24.9 Å². The second-order valence-electron chi connectivity index (χ2n) is 6.69. The highest BCUT2D eigenvalue weighted by molar-refractivity contribution is 5.76. The van der Waals surface area contributed by atoms with Gasteiger partial charge in [-0.05, 0) is 44.5 Å². The third-order valence-corrected chi connectivity index (χ3v) is 4.31. The average molecular weight is 342 g/mol. The van der Waals surface area contributed by atoms with Crippen LogP contribution >= 0.6 is 0 Å². The molecule has 134 valence electrons.